The monoisotopic (exact) mass is 403 g/mol. The van der Waals surface area contributed by atoms with Crippen LogP contribution >= 0.6 is 11.3 Å². The van der Waals surface area contributed by atoms with Crippen molar-refractivity contribution in [2.24, 2.45) is 4.99 Å². The molecular weight excluding hydrogens is 370 g/mol. The normalized spacial score (nSPS) is 11.8. The first-order valence-electron chi connectivity index (χ1n) is 9.92. The van der Waals surface area contributed by atoms with Crippen LogP contribution in [0.1, 0.15) is 19.0 Å². The van der Waals surface area contributed by atoms with Crippen LogP contribution in [-0.4, -0.2) is 69.3 Å². The lowest BCUT2D eigenvalue weighted by Gasteiger charge is -2.16. The molecule has 0 saturated heterocycles. The Labute approximate surface area is 173 Å². The Morgan fingerprint density at radius 3 is 2.79 bits per heavy atom. The Balaban J connectivity index is 1.74. The van der Waals surface area contributed by atoms with Crippen LogP contribution in [0, 0.1) is 0 Å². The maximum absolute atomic E-state index is 5.10. The quantitative estimate of drug-likeness (QED) is 0.324. The fourth-order valence-electron chi connectivity index (χ4n) is 2.71. The lowest BCUT2D eigenvalue weighted by Crippen LogP contribution is -2.39. The number of nitrogens with zero attached hydrogens (tertiary/aromatic N) is 3. The molecule has 0 spiro atoms. The van der Waals surface area contributed by atoms with E-state index in [-0.39, 0.29) is 0 Å². The van der Waals surface area contributed by atoms with Crippen LogP contribution in [0.3, 0.4) is 0 Å². The van der Waals surface area contributed by atoms with E-state index < -0.39 is 0 Å². The molecule has 0 unspecified atom stereocenters. The molecule has 1 heterocycles. The fourth-order valence-corrected chi connectivity index (χ4v) is 3.57. The van der Waals surface area contributed by atoms with E-state index in [1.54, 1.807) is 18.4 Å². The summed E-state index contributed by atoms with van der Waals surface area (Å²) in [4.78, 5) is 11.7. The van der Waals surface area contributed by atoms with Gasteiger partial charge in [0.05, 0.1) is 12.2 Å². The fraction of sp³-hybridized carbons (Fsp3) is 0.524. The Hall–Kier alpha value is -1.96. The third kappa shape index (κ3) is 8.37. The zero-order valence-electron chi connectivity index (χ0n) is 17.3. The molecule has 1 aromatic carbocycles. The van der Waals surface area contributed by atoms with Crippen molar-refractivity contribution in [2.45, 2.75) is 19.8 Å². The van der Waals surface area contributed by atoms with E-state index in [0.29, 0.717) is 0 Å². The highest BCUT2D eigenvalue weighted by atomic mass is 32.1. The summed E-state index contributed by atoms with van der Waals surface area (Å²) in [5.41, 5.74) is 2.29. The molecule has 154 valence electrons. The van der Waals surface area contributed by atoms with Gasteiger partial charge in [-0.3, -0.25) is 4.99 Å². The standard InChI is InChI=1S/C21H33N5OS/c1-4-22-21(24-13-15-26(2)14-8-16-27-3)23-12-11-19-17-28-20(25-19)18-9-6-5-7-10-18/h5-7,9-10,17H,4,8,11-16H2,1-3H3,(H2,22,23,24). The number of thiazole rings is 1. The lowest BCUT2D eigenvalue weighted by molar-refractivity contribution is 0.180. The Kier molecular flexibility index (Phi) is 10.6. The number of hydrogen-bond acceptors (Lipinski definition) is 5. The van der Waals surface area contributed by atoms with Crippen LogP contribution in [0.25, 0.3) is 10.6 Å². The van der Waals surface area contributed by atoms with Crippen LogP contribution in [0.15, 0.2) is 40.7 Å². The van der Waals surface area contributed by atoms with E-state index in [1.807, 2.05) is 18.2 Å². The maximum atomic E-state index is 5.10. The van der Waals surface area contributed by atoms with E-state index in [4.69, 9.17) is 9.72 Å². The Morgan fingerprint density at radius 2 is 2.04 bits per heavy atom. The number of nitrogens with one attached hydrogen (secondary N) is 2. The van der Waals surface area contributed by atoms with Gasteiger partial charge in [0, 0.05) is 57.3 Å². The number of likely N-dealkylation sites (N-methyl/N-ethyl adjacent to an activating group) is 1. The van der Waals surface area contributed by atoms with Gasteiger partial charge in [-0.15, -0.1) is 11.3 Å². The second kappa shape index (κ2) is 13.3. The molecule has 0 aliphatic heterocycles. The molecular formula is C21H33N5OS. The molecule has 7 heteroatoms. The first kappa shape index (κ1) is 22.3. The van der Waals surface area contributed by atoms with Crippen molar-refractivity contribution >= 4 is 17.3 Å². The molecule has 2 aromatic rings. The van der Waals surface area contributed by atoms with Gasteiger partial charge in [0.1, 0.15) is 5.01 Å². The SMILES string of the molecule is CCNC(=NCCN(C)CCCOC)NCCc1csc(-c2ccccc2)n1. The summed E-state index contributed by atoms with van der Waals surface area (Å²) in [6, 6.07) is 10.3. The topological polar surface area (TPSA) is 61.8 Å². The van der Waals surface area contributed by atoms with E-state index in [9.17, 15) is 0 Å². The highest BCUT2D eigenvalue weighted by Crippen LogP contribution is 2.23. The van der Waals surface area contributed by atoms with Gasteiger partial charge in [0.15, 0.2) is 5.96 Å². The van der Waals surface area contributed by atoms with E-state index in [0.717, 1.165) is 68.8 Å². The van der Waals surface area contributed by atoms with Crippen LogP contribution < -0.4 is 10.6 Å². The molecule has 1 aromatic heterocycles. The molecule has 28 heavy (non-hydrogen) atoms. The van der Waals surface area contributed by atoms with Gasteiger partial charge in [0.2, 0.25) is 0 Å². The van der Waals surface area contributed by atoms with Gasteiger partial charge in [-0.2, -0.15) is 0 Å². The first-order chi connectivity index (χ1) is 13.7. The highest BCUT2D eigenvalue weighted by molar-refractivity contribution is 7.13. The van der Waals surface area contributed by atoms with E-state index in [2.05, 4.69) is 52.0 Å². The average molecular weight is 404 g/mol. The number of ether oxygens (including phenoxy) is 1. The summed E-state index contributed by atoms with van der Waals surface area (Å²) < 4.78 is 5.10. The van der Waals surface area contributed by atoms with Gasteiger partial charge in [-0.1, -0.05) is 30.3 Å². The van der Waals surface area contributed by atoms with Crippen molar-refractivity contribution in [3.63, 3.8) is 0 Å². The average Bonchev–Trinajstić information content (AvgIpc) is 3.18. The summed E-state index contributed by atoms with van der Waals surface area (Å²) in [5.74, 6) is 0.867. The minimum Gasteiger partial charge on any atom is -0.385 e. The molecule has 0 amide bonds. The lowest BCUT2D eigenvalue weighted by atomic mass is 10.2. The highest BCUT2D eigenvalue weighted by Gasteiger charge is 2.05. The third-order valence-electron chi connectivity index (χ3n) is 4.23. The van der Waals surface area contributed by atoms with Gasteiger partial charge < -0.3 is 20.3 Å². The molecule has 2 N–H and O–H groups in total. The van der Waals surface area contributed by atoms with Gasteiger partial charge in [-0.25, -0.2) is 4.98 Å². The predicted molar refractivity (Wildman–Crippen MR) is 119 cm³/mol. The summed E-state index contributed by atoms with van der Waals surface area (Å²) in [6.07, 6.45) is 1.93. The number of hydrogen-bond donors (Lipinski definition) is 2. The Morgan fingerprint density at radius 1 is 1.21 bits per heavy atom. The van der Waals surface area contributed by atoms with Crippen molar-refractivity contribution in [1.82, 2.24) is 20.5 Å². The number of rotatable bonds is 12. The Bertz CT molecular complexity index is 689. The zero-order valence-corrected chi connectivity index (χ0v) is 18.1. The minimum atomic E-state index is 0.771. The molecule has 0 fully saturated rings. The van der Waals surface area contributed by atoms with Crippen molar-refractivity contribution in [3.8, 4) is 10.6 Å². The molecule has 0 aliphatic rings. The van der Waals surface area contributed by atoms with E-state index in [1.165, 1.54) is 5.56 Å². The smallest absolute Gasteiger partial charge is 0.191 e. The van der Waals surface area contributed by atoms with Crippen LogP contribution in [0.5, 0.6) is 0 Å². The van der Waals surface area contributed by atoms with Crippen LogP contribution in [0.2, 0.25) is 0 Å². The molecule has 0 aliphatic carbocycles. The number of benzene rings is 1. The maximum Gasteiger partial charge on any atom is 0.191 e. The predicted octanol–water partition coefficient (Wildman–Crippen LogP) is 2.88. The number of aliphatic imine (C=N–C) groups is 1. The summed E-state index contributed by atoms with van der Waals surface area (Å²) in [7, 11) is 3.87. The molecule has 0 bridgehead atoms. The van der Waals surface area contributed by atoms with E-state index >= 15 is 0 Å². The minimum absolute atomic E-state index is 0.771. The number of methoxy groups -OCH3 is 1. The van der Waals surface area contributed by atoms with Crippen molar-refractivity contribution in [3.05, 3.63) is 41.4 Å². The van der Waals surface area contributed by atoms with Crippen molar-refractivity contribution < 1.29 is 4.74 Å². The summed E-state index contributed by atoms with van der Waals surface area (Å²) in [6.45, 7) is 7.29. The molecule has 0 atom stereocenters. The zero-order chi connectivity index (χ0) is 20.0. The van der Waals surface area contributed by atoms with Gasteiger partial charge in [-0.05, 0) is 20.4 Å². The number of guanidine groups is 1. The first-order valence-corrected chi connectivity index (χ1v) is 10.8. The van der Waals surface area contributed by atoms with Crippen LogP contribution in [-0.2, 0) is 11.2 Å². The van der Waals surface area contributed by atoms with Gasteiger partial charge in [0.25, 0.3) is 0 Å². The second-order valence-electron chi connectivity index (χ2n) is 6.60. The molecule has 6 nitrogen and oxygen atoms in total. The third-order valence-corrected chi connectivity index (χ3v) is 5.17. The summed E-state index contributed by atoms with van der Waals surface area (Å²) in [5, 5.41) is 9.94. The van der Waals surface area contributed by atoms with Crippen molar-refractivity contribution in [2.75, 3.05) is 53.5 Å². The largest absolute Gasteiger partial charge is 0.385 e. The molecule has 0 saturated carbocycles. The van der Waals surface area contributed by atoms with Gasteiger partial charge >= 0.3 is 0 Å². The van der Waals surface area contributed by atoms with Crippen molar-refractivity contribution in [1.29, 1.82) is 0 Å². The molecule has 2 rings (SSSR count). The molecule has 0 radical (unpaired) electrons. The second-order valence-corrected chi connectivity index (χ2v) is 7.46. The number of aromatic nitrogens is 1. The summed E-state index contributed by atoms with van der Waals surface area (Å²) >= 11 is 1.70. The van der Waals surface area contributed by atoms with Crippen LogP contribution in [0.4, 0.5) is 0 Å².